The summed E-state index contributed by atoms with van der Waals surface area (Å²) in [5.41, 5.74) is 6.08. The number of likely N-dealkylation sites (tertiary alicyclic amines) is 2. The van der Waals surface area contributed by atoms with Crippen LogP contribution in [0.15, 0.2) is 66.5 Å². The van der Waals surface area contributed by atoms with E-state index < -0.39 is 0 Å². The Morgan fingerprint density at radius 1 is 0.949 bits per heavy atom. The normalized spacial score (nSPS) is 18.0. The predicted molar refractivity (Wildman–Crippen MR) is 157 cm³/mol. The van der Waals surface area contributed by atoms with Gasteiger partial charge in [0, 0.05) is 40.5 Å². The maximum atomic E-state index is 13.9. The van der Waals surface area contributed by atoms with Gasteiger partial charge in [0.05, 0.1) is 12.7 Å². The van der Waals surface area contributed by atoms with Crippen molar-refractivity contribution in [3.8, 4) is 21.9 Å². The summed E-state index contributed by atoms with van der Waals surface area (Å²) in [5, 5.41) is 2.51. The van der Waals surface area contributed by atoms with Crippen molar-refractivity contribution in [3.05, 3.63) is 72.1 Å². The molecule has 2 aromatic carbocycles. The quantitative estimate of drug-likeness (QED) is 0.384. The Kier molecular flexibility index (Phi) is 7.85. The van der Waals surface area contributed by atoms with Crippen LogP contribution < -0.4 is 14.9 Å². The molecule has 1 aromatic heterocycles. The lowest BCUT2D eigenvalue weighted by atomic mass is 10.0. The number of nitrogens with one attached hydrogen (secondary N) is 1. The van der Waals surface area contributed by atoms with Gasteiger partial charge >= 0.3 is 0 Å². The van der Waals surface area contributed by atoms with Crippen LogP contribution in [0.1, 0.15) is 36.0 Å². The molecule has 0 radical (unpaired) electrons. The molecule has 3 aliphatic heterocycles. The van der Waals surface area contributed by atoms with Gasteiger partial charge in [-0.2, -0.15) is 0 Å². The van der Waals surface area contributed by atoms with E-state index in [-0.39, 0.29) is 5.91 Å². The van der Waals surface area contributed by atoms with Crippen molar-refractivity contribution in [1.82, 2.24) is 20.2 Å². The minimum Gasteiger partial charge on any atom is -0.497 e. The molecule has 0 saturated carbocycles. The molecular weight excluding hydrogens is 508 g/mol. The van der Waals surface area contributed by atoms with Crippen molar-refractivity contribution in [2.24, 2.45) is 0 Å². The zero-order valence-corrected chi connectivity index (χ0v) is 23.3. The van der Waals surface area contributed by atoms with E-state index in [1.807, 2.05) is 48.8 Å². The van der Waals surface area contributed by atoms with Crippen LogP contribution in [0, 0.1) is 0 Å². The standard InChI is InChI=1S/C31H36N4O3S/c1-37-26-10-11-27-28(20-26)39-30(24-6-8-25(9-7-24)38-19-18-33-13-2-3-14-33)29(27)31(36)35-17-12-23(21-32-35)22-34-15-4-5-16-34/h6-12,17,20-21,32H,2-5,13-16,18-19,22H2,1H3. The molecule has 2 saturated heterocycles. The number of thiophene rings is 1. The topological polar surface area (TPSA) is 57.3 Å². The van der Waals surface area contributed by atoms with E-state index in [2.05, 4.69) is 27.4 Å². The smallest absolute Gasteiger partial charge is 0.278 e. The van der Waals surface area contributed by atoms with Crippen molar-refractivity contribution >= 4 is 27.3 Å². The summed E-state index contributed by atoms with van der Waals surface area (Å²) in [7, 11) is 1.67. The lowest BCUT2D eigenvalue weighted by Gasteiger charge is -2.24. The Labute approximate surface area is 234 Å². The monoisotopic (exact) mass is 544 g/mol. The number of nitrogens with zero attached hydrogens (tertiary/aromatic N) is 3. The minimum absolute atomic E-state index is 0.0833. The number of benzene rings is 2. The summed E-state index contributed by atoms with van der Waals surface area (Å²) in [6.07, 6.45) is 10.9. The second kappa shape index (κ2) is 11.8. The summed E-state index contributed by atoms with van der Waals surface area (Å²) in [6.45, 7) is 7.19. The molecule has 2 fully saturated rings. The van der Waals surface area contributed by atoms with Gasteiger partial charge in [-0.3, -0.25) is 20.0 Å². The highest BCUT2D eigenvalue weighted by Crippen LogP contribution is 2.41. The Hall–Kier alpha value is -3.33. The fourth-order valence-electron chi connectivity index (χ4n) is 5.58. The van der Waals surface area contributed by atoms with Crippen molar-refractivity contribution in [3.63, 3.8) is 0 Å². The zero-order chi connectivity index (χ0) is 26.6. The van der Waals surface area contributed by atoms with Gasteiger partial charge < -0.3 is 9.47 Å². The SMILES string of the molecule is COc1ccc2c(C(=O)N3C=CC(CN4CCCC4)=CN3)c(-c3ccc(OCCN4CCCC4)cc3)sc2c1. The first kappa shape index (κ1) is 25.9. The molecule has 7 nitrogen and oxygen atoms in total. The van der Waals surface area contributed by atoms with E-state index in [4.69, 9.17) is 9.47 Å². The summed E-state index contributed by atoms with van der Waals surface area (Å²) in [6, 6.07) is 14.0. The Bertz CT molecular complexity index is 1370. The van der Waals surface area contributed by atoms with Crippen LogP contribution in [0.3, 0.4) is 0 Å². The maximum Gasteiger partial charge on any atom is 0.278 e. The van der Waals surface area contributed by atoms with E-state index in [1.54, 1.807) is 23.5 Å². The number of carbonyl (C=O) groups excluding carboxylic acids is 1. The summed E-state index contributed by atoms with van der Waals surface area (Å²) in [4.78, 5) is 19.8. The molecule has 0 bridgehead atoms. The average Bonchev–Trinajstić information content (AvgIpc) is 3.75. The second-order valence-electron chi connectivity index (χ2n) is 10.4. The van der Waals surface area contributed by atoms with Gasteiger partial charge in [0.1, 0.15) is 18.1 Å². The van der Waals surface area contributed by atoms with E-state index in [1.165, 1.54) is 44.3 Å². The van der Waals surface area contributed by atoms with Crippen molar-refractivity contribution < 1.29 is 14.3 Å². The Morgan fingerprint density at radius 2 is 1.67 bits per heavy atom. The number of amides is 1. The molecule has 3 aromatic rings. The Balaban J connectivity index is 1.22. The van der Waals surface area contributed by atoms with E-state index in [0.717, 1.165) is 58.2 Å². The molecule has 3 aliphatic rings. The molecule has 0 aliphatic carbocycles. The van der Waals surface area contributed by atoms with Crippen LogP contribution in [0.2, 0.25) is 0 Å². The van der Waals surface area contributed by atoms with E-state index >= 15 is 0 Å². The maximum absolute atomic E-state index is 13.9. The molecule has 8 heteroatoms. The van der Waals surface area contributed by atoms with Crippen LogP contribution in [-0.4, -0.2) is 73.7 Å². The number of ether oxygens (including phenoxy) is 2. The number of rotatable bonds is 9. The third-order valence-corrected chi connectivity index (χ3v) is 8.95. The highest BCUT2D eigenvalue weighted by Gasteiger charge is 2.25. The van der Waals surface area contributed by atoms with Gasteiger partial charge in [-0.15, -0.1) is 11.3 Å². The van der Waals surface area contributed by atoms with Crippen LogP contribution in [0.25, 0.3) is 20.5 Å². The molecule has 6 rings (SSSR count). The number of hydrazine groups is 1. The number of carbonyl (C=O) groups is 1. The molecule has 0 unspecified atom stereocenters. The summed E-state index contributed by atoms with van der Waals surface area (Å²) < 4.78 is 12.5. The first-order valence-electron chi connectivity index (χ1n) is 13.9. The van der Waals surface area contributed by atoms with Gasteiger partial charge in [-0.25, -0.2) is 5.01 Å². The molecule has 0 spiro atoms. The van der Waals surface area contributed by atoms with Gasteiger partial charge in [0.15, 0.2) is 0 Å². The first-order chi connectivity index (χ1) is 19.2. The molecular formula is C31H36N4O3S. The van der Waals surface area contributed by atoms with Crippen LogP contribution in [0.5, 0.6) is 11.5 Å². The molecule has 39 heavy (non-hydrogen) atoms. The number of hydrogen-bond donors (Lipinski definition) is 1. The van der Waals surface area contributed by atoms with Crippen LogP contribution in [0.4, 0.5) is 0 Å². The van der Waals surface area contributed by atoms with Crippen molar-refractivity contribution in [2.45, 2.75) is 25.7 Å². The molecule has 1 amide bonds. The van der Waals surface area contributed by atoms with Gasteiger partial charge in [-0.1, -0.05) is 0 Å². The Morgan fingerprint density at radius 3 is 2.36 bits per heavy atom. The fraction of sp³-hybridized carbons (Fsp3) is 0.387. The summed E-state index contributed by atoms with van der Waals surface area (Å²) in [5.74, 6) is 1.55. The number of fused-ring (bicyclic) bond motifs is 1. The highest BCUT2D eigenvalue weighted by atomic mass is 32.1. The summed E-state index contributed by atoms with van der Waals surface area (Å²) >= 11 is 1.61. The number of hydrogen-bond acceptors (Lipinski definition) is 7. The lowest BCUT2D eigenvalue weighted by Crippen LogP contribution is -2.38. The molecule has 4 heterocycles. The molecule has 1 N–H and O–H groups in total. The second-order valence-corrected chi connectivity index (χ2v) is 11.5. The van der Waals surface area contributed by atoms with Crippen LogP contribution >= 0.6 is 11.3 Å². The third-order valence-electron chi connectivity index (χ3n) is 7.75. The zero-order valence-electron chi connectivity index (χ0n) is 22.5. The van der Waals surface area contributed by atoms with Crippen LogP contribution in [-0.2, 0) is 0 Å². The van der Waals surface area contributed by atoms with Gasteiger partial charge in [-0.05, 0) is 112 Å². The molecule has 204 valence electrons. The van der Waals surface area contributed by atoms with Crippen molar-refractivity contribution in [1.29, 1.82) is 0 Å². The van der Waals surface area contributed by atoms with Gasteiger partial charge in [0.25, 0.3) is 5.91 Å². The highest BCUT2D eigenvalue weighted by molar-refractivity contribution is 7.22. The minimum atomic E-state index is -0.0833. The van der Waals surface area contributed by atoms with E-state index in [9.17, 15) is 4.79 Å². The van der Waals surface area contributed by atoms with E-state index in [0.29, 0.717) is 12.2 Å². The largest absolute Gasteiger partial charge is 0.497 e. The predicted octanol–water partition coefficient (Wildman–Crippen LogP) is 5.51. The lowest BCUT2D eigenvalue weighted by molar-refractivity contribution is 0.0781. The molecule has 0 atom stereocenters. The third kappa shape index (κ3) is 5.83. The number of methoxy groups -OCH3 is 1. The fourth-order valence-corrected chi connectivity index (χ4v) is 6.81. The van der Waals surface area contributed by atoms with Crippen molar-refractivity contribution in [2.75, 3.05) is 53.0 Å². The first-order valence-corrected chi connectivity index (χ1v) is 14.7. The average molecular weight is 545 g/mol. The van der Waals surface area contributed by atoms with Gasteiger partial charge in [0.2, 0.25) is 0 Å².